The highest BCUT2D eigenvalue weighted by atomic mass is 16.7. The molecule has 71 valence electrons. The van der Waals surface area contributed by atoms with Gasteiger partial charge in [-0.15, -0.1) is 0 Å². The Kier molecular flexibility index (Phi) is 4.85. The summed E-state index contributed by atoms with van der Waals surface area (Å²) in [5.41, 5.74) is 0. The van der Waals surface area contributed by atoms with E-state index >= 15 is 0 Å². The maximum atomic E-state index is 10.7. The Balaban J connectivity index is 4.39. The molecule has 0 fully saturated rings. The normalized spacial score (nSPS) is 11.6. The lowest BCUT2D eigenvalue weighted by molar-refractivity contribution is -0.240. The van der Waals surface area contributed by atoms with Crippen molar-refractivity contribution in [3.05, 3.63) is 6.92 Å². The Morgan fingerprint density at radius 2 is 1.83 bits per heavy atom. The van der Waals surface area contributed by atoms with E-state index in [2.05, 4.69) is 6.92 Å². The number of aliphatic carboxylic acids is 1. The van der Waals surface area contributed by atoms with Gasteiger partial charge in [0.15, 0.2) is 0 Å². The monoisotopic (exact) mass is 175 g/mol. The number of carbonyl (C=O) groups is 1. The van der Waals surface area contributed by atoms with E-state index in [1.54, 1.807) is 13.8 Å². The summed E-state index contributed by atoms with van der Waals surface area (Å²) in [5, 5.41) is 8.80. The molecule has 0 saturated heterocycles. The number of carboxylic acids is 1. The Bertz CT molecular complexity index is 138. The molecule has 0 aromatic rings. The van der Waals surface area contributed by atoms with Crippen molar-refractivity contribution in [1.29, 1.82) is 0 Å². The zero-order chi connectivity index (χ0) is 9.61. The first kappa shape index (κ1) is 11.4. The van der Waals surface area contributed by atoms with E-state index in [4.69, 9.17) is 14.6 Å². The maximum absolute atomic E-state index is 10.7. The van der Waals surface area contributed by atoms with Crippen LogP contribution in [0, 0.1) is 6.92 Å². The van der Waals surface area contributed by atoms with Gasteiger partial charge >= 0.3 is 5.97 Å². The highest BCUT2D eigenvalue weighted by Gasteiger charge is 2.38. The highest BCUT2D eigenvalue weighted by Crippen LogP contribution is 2.17. The third kappa shape index (κ3) is 2.46. The first-order valence-corrected chi connectivity index (χ1v) is 3.93. The average Bonchev–Trinajstić information content (AvgIpc) is 2.03. The summed E-state index contributed by atoms with van der Waals surface area (Å²) in [6.07, 6.45) is 0.0595. The van der Waals surface area contributed by atoms with Crippen molar-refractivity contribution in [3.63, 3.8) is 0 Å². The molecule has 0 aliphatic rings. The molecule has 0 heterocycles. The summed E-state index contributed by atoms with van der Waals surface area (Å²) in [7, 11) is 0. The molecule has 4 nitrogen and oxygen atoms in total. The lowest BCUT2D eigenvalue weighted by Crippen LogP contribution is -2.44. The zero-order valence-electron chi connectivity index (χ0n) is 7.50. The van der Waals surface area contributed by atoms with Crippen molar-refractivity contribution in [1.82, 2.24) is 0 Å². The predicted molar refractivity (Wildman–Crippen MR) is 43.6 cm³/mol. The molecular formula is C8H15O4. The van der Waals surface area contributed by atoms with Gasteiger partial charge in [0.05, 0.1) is 0 Å². The van der Waals surface area contributed by atoms with Crippen molar-refractivity contribution in [2.24, 2.45) is 0 Å². The van der Waals surface area contributed by atoms with E-state index in [1.807, 2.05) is 0 Å². The molecule has 0 rings (SSSR count). The maximum Gasteiger partial charge on any atom is 0.364 e. The van der Waals surface area contributed by atoms with Crippen LogP contribution in [0.5, 0.6) is 0 Å². The molecule has 0 amide bonds. The minimum Gasteiger partial charge on any atom is -0.477 e. The van der Waals surface area contributed by atoms with Gasteiger partial charge in [0, 0.05) is 19.6 Å². The van der Waals surface area contributed by atoms with Crippen LogP contribution < -0.4 is 0 Å². The molecule has 1 N–H and O–H groups in total. The molecule has 0 aromatic heterocycles. The van der Waals surface area contributed by atoms with E-state index in [0.717, 1.165) is 0 Å². The standard InChI is InChI=1S/C8H15O4/c1-4-8(7(9)10,11-5-2)12-6-3/h1,4-6H2,2-3H3,(H,9,10). The van der Waals surface area contributed by atoms with Crippen molar-refractivity contribution in [3.8, 4) is 0 Å². The zero-order valence-corrected chi connectivity index (χ0v) is 7.50. The molecule has 0 bridgehead atoms. The fourth-order valence-electron chi connectivity index (χ4n) is 0.883. The van der Waals surface area contributed by atoms with E-state index < -0.39 is 11.8 Å². The Morgan fingerprint density at radius 3 is 2.00 bits per heavy atom. The van der Waals surface area contributed by atoms with Crippen LogP contribution in [0.25, 0.3) is 0 Å². The Morgan fingerprint density at radius 1 is 1.42 bits per heavy atom. The van der Waals surface area contributed by atoms with Gasteiger partial charge in [-0.2, -0.15) is 0 Å². The highest BCUT2D eigenvalue weighted by molar-refractivity contribution is 5.75. The Hall–Kier alpha value is -0.610. The molecule has 12 heavy (non-hydrogen) atoms. The van der Waals surface area contributed by atoms with Gasteiger partial charge in [0.2, 0.25) is 0 Å². The summed E-state index contributed by atoms with van der Waals surface area (Å²) in [6, 6.07) is 0. The van der Waals surface area contributed by atoms with Crippen molar-refractivity contribution in [2.75, 3.05) is 13.2 Å². The van der Waals surface area contributed by atoms with Crippen LogP contribution >= 0.6 is 0 Å². The summed E-state index contributed by atoms with van der Waals surface area (Å²) in [4.78, 5) is 10.7. The first-order chi connectivity index (χ1) is 5.63. The number of rotatable bonds is 6. The quantitative estimate of drug-likeness (QED) is 0.613. The van der Waals surface area contributed by atoms with Gasteiger partial charge in [-0.3, -0.25) is 0 Å². The molecule has 0 atom stereocenters. The van der Waals surface area contributed by atoms with E-state index in [1.165, 1.54) is 0 Å². The minimum absolute atomic E-state index is 0.0595. The fraction of sp³-hybridized carbons (Fsp3) is 0.750. The number of carboxylic acid groups (broad SMARTS) is 1. The molecular weight excluding hydrogens is 160 g/mol. The van der Waals surface area contributed by atoms with Crippen LogP contribution in [0.1, 0.15) is 20.3 Å². The van der Waals surface area contributed by atoms with Crippen LogP contribution in [0.4, 0.5) is 0 Å². The van der Waals surface area contributed by atoms with Gasteiger partial charge in [0.25, 0.3) is 5.79 Å². The number of hydrogen-bond donors (Lipinski definition) is 1. The second kappa shape index (κ2) is 5.11. The lowest BCUT2D eigenvalue weighted by atomic mass is 10.2. The number of ether oxygens (including phenoxy) is 2. The Labute approximate surface area is 72.5 Å². The summed E-state index contributed by atoms with van der Waals surface area (Å²) < 4.78 is 9.99. The molecule has 0 aromatic carbocycles. The van der Waals surface area contributed by atoms with Crippen LogP contribution in [0.2, 0.25) is 0 Å². The first-order valence-electron chi connectivity index (χ1n) is 3.93. The third-order valence-corrected chi connectivity index (χ3v) is 1.41. The summed E-state index contributed by atoms with van der Waals surface area (Å²) in [5.74, 6) is -2.68. The topological polar surface area (TPSA) is 55.8 Å². The molecule has 0 saturated carbocycles. The van der Waals surface area contributed by atoms with Crippen molar-refractivity contribution in [2.45, 2.75) is 26.1 Å². The van der Waals surface area contributed by atoms with Crippen molar-refractivity contribution < 1.29 is 19.4 Å². The van der Waals surface area contributed by atoms with E-state index in [-0.39, 0.29) is 6.42 Å². The SMILES string of the molecule is [CH2]CC(OCC)(OCC)C(=O)O. The van der Waals surface area contributed by atoms with Crippen LogP contribution in [-0.2, 0) is 14.3 Å². The largest absolute Gasteiger partial charge is 0.477 e. The molecule has 4 heteroatoms. The molecule has 0 spiro atoms. The van der Waals surface area contributed by atoms with Gasteiger partial charge in [-0.05, 0) is 20.8 Å². The second-order valence-electron chi connectivity index (χ2n) is 2.17. The second-order valence-corrected chi connectivity index (χ2v) is 2.17. The summed E-state index contributed by atoms with van der Waals surface area (Å²) >= 11 is 0. The van der Waals surface area contributed by atoms with E-state index in [0.29, 0.717) is 13.2 Å². The minimum atomic E-state index is -1.55. The average molecular weight is 175 g/mol. The molecule has 0 unspecified atom stereocenters. The lowest BCUT2D eigenvalue weighted by Gasteiger charge is -2.27. The predicted octanol–water partition coefficient (Wildman–Crippen LogP) is 1.06. The number of hydrogen-bond acceptors (Lipinski definition) is 3. The summed E-state index contributed by atoms with van der Waals surface area (Å²) in [6.45, 7) is 7.50. The van der Waals surface area contributed by atoms with Gasteiger partial charge < -0.3 is 14.6 Å². The van der Waals surface area contributed by atoms with Crippen molar-refractivity contribution >= 4 is 5.97 Å². The van der Waals surface area contributed by atoms with Gasteiger partial charge in [-0.25, -0.2) is 4.79 Å². The molecule has 1 radical (unpaired) electrons. The van der Waals surface area contributed by atoms with Gasteiger partial charge in [0.1, 0.15) is 0 Å². The van der Waals surface area contributed by atoms with Crippen LogP contribution in [-0.4, -0.2) is 30.1 Å². The van der Waals surface area contributed by atoms with E-state index in [9.17, 15) is 4.79 Å². The van der Waals surface area contributed by atoms with Gasteiger partial charge in [-0.1, -0.05) is 0 Å². The molecule has 0 aliphatic heterocycles. The smallest absolute Gasteiger partial charge is 0.364 e. The third-order valence-electron chi connectivity index (χ3n) is 1.41. The fourth-order valence-corrected chi connectivity index (χ4v) is 0.883. The van der Waals surface area contributed by atoms with Crippen LogP contribution in [0.15, 0.2) is 0 Å². The molecule has 0 aliphatic carbocycles. The van der Waals surface area contributed by atoms with Crippen LogP contribution in [0.3, 0.4) is 0 Å².